The first-order valence-corrected chi connectivity index (χ1v) is 6.36. The Labute approximate surface area is 121 Å². The Hall–Kier alpha value is -1.46. The average Bonchev–Trinajstić information content (AvgIpc) is 2.36. The van der Waals surface area contributed by atoms with Crippen molar-refractivity contribution in [2.24, 2.45) is 0 Å². The Bertz CT molecular complexity index is 649. The second-order valence-electron chi connectivity index (χ2n) is 3.71. The van der Waals surface area contributed by atoms with Gasteiger partial charge >= 0.3 is 0 Å². The predicted molar refractivity (Wildman–Crippen MR) is 73.5 cm³/mol. The summed E-state index contributed by atoms with van der Waals surface area (Å²) in [6.45, 7) is 0. The van der Waals surface area contributed by atoms with Gasteiger partial charge in [0.25, 0.3) is 5.91 Å². The lowest BCUT2D eigenvalue weighted by Gasteiger charge is -2.07. The van der Waals surface area contributed by atoms with Gasteiger partial charge in [0, 0.05) is 10.7 Å². The molecule has 0 bridgehead atoms. The summed E-state index contributed by atoms with van der Waals surface area (Å²) in [7, 11) is 0. The lowest BCUT2D eigenvalue weighted by Crippen LogP contribution is -2.13. The van der Waals surface area contributed by atoms with Crippen molar-refractivity contribution in [1.29, 1.82) is 0 Å². The molecule has 2 aromatic rings. The lowest BCUT2D eigenvalue weighted by molar-refractivity contribution is 0.102. The molecule has 0 aliphatic carbocycles. The van der Waals surface area contributed by atoms with Gasteiger partial charge in [-0.1, -0.05) is 11.6 Å². The maximum Gasteiger partial charge on any atom is 0.258 e. The molecule has 0 atom stereocenters. The molecule has 0 radical (unpaired) electrons. The van der Waals surface area contributed by atoms with E-state index in [0.717, 1.165) is 12.1 Å². The van der Waals surface area contributed by atoms with E-state index in [2.05, 4.69) is 21.2 Å². The molecule has 2 aromatic carbocycles. The minimum Gasteiger partial charge on any atom is -0.322 e. The molecule has 98 valence electrons. The fourth-order valence-electron chi connectivity index (χ4n) is 1.44. The van der Waals surface area contributed by atoms with Crippen LogP contribution in [0.25, 0.3) is 0 Å². The highest BCUT2D eigenvalue weighted by Crippen LogP contribution is 2.21. The third kappa shape index (κ3) is 3.30. The van der Waals surface area contributed by atoms with Crippen molar-refractivity contribution in [3.8, 4) is 0 Å². The molecular formula is C13H7BrClF2NO. The van der Waals surface area contributed by atoms with Crippen LogP contribution in [-0.4, -0.2) is 5.91 Å². The Kier molecular flexibility index (Phi) is 4.17. The maximum atomic E-state index is 13.5. The highest BCUT2D eigenvalue weighted by Gasteiger charge is 2.13. The molecule has 19 heavy (non-hydrogen) atoms. The number of hydrogen-bond donors (Lipinski definition) is 1. The monoisotopic (exact) mass is 345 g/mol. The molecule has 0 fully saturated rings. The van der Waals surface area contributed by atoms with Crippen LogP contribution < -0.4 is 5.32 Å². The summed E-state index contributed by atoms with van der Waals surface area (Å²) in [6, 6.07) is 7.71. The summed E-state index contributed by atoms with van der Waals surface area (Å²) in [4.78, 5) is 11.8. The van der Waals surface area contributed by atoms with Crippen LogP contribution in [0, 0.1) is 11.6 Å². The molecular weight excluding hydrogens is 340 g/mol. The summed E-state index contributed by atoms with van der Waals surface area (Å²) < 4.78 is 27.0. The zero-order valence-electron chi connectivity index (χ0n) is 9.38. The van der Waals surface area contributed by atoms with E-state index in [4.69, 9.17) is 11.6 Å². The van der Waals surface area contributed by atoms with Crippen LogP contribution in [0.5, 0.6) is 0 Å². The highest BCUT2D eigenvalue weighted by atomic mass is 79.9. The van der Waals surface area contributed by atoms with Crippen LogP contribution >= 0.6 is 27.5 Å². The molecule has 0 saturated heterocycles. The van der Waals surface area contributed by atoms with Crippen molar-refractivity contribution in [2.75, 3.05) is 5.32 Å². The molecule has 2 nitrogen and oxygen atoms in total. The summed E-state index contributed by atoms with van der Waals surface area (Å²) in [5.74, 6) is -1.91. The van der Waals surface area contributed by atoms with Gasteiger partial charge in [-0.15, -0.1) is 0 Å². The number of nitrogens with one attached hydrogen (secondary N) is 1. The van der Waals surface area contributed by atoms with Crippen LogP contribution in [0.15, 0.2) is 40.9 Å². The van der Waals surface area contributed by atoms with Gasteiger partial charge in [-0.25, -0.2) is 8.78 Å². The first kappa shape index (κ1) is 14.0. The number of amides is 1. The van der Waals surface area contributed by atoms with E-state index in [-0.39, 0.29) is 20.7 Å². The standard InChI is InChI=1S/C13H7BrClF2NO/c14-10-3-2-8(6-12(10)17)18-13(19)9-5-7(15)1-4-11(9)16/h1-6H,(H,18,19). The number of rotatable bonds is 2. The summed E-state index contributed by atoms with van der Waals surface area (Å²) in [5, 5.41) is 2.64. The molecule has 1 N–H and O–H groups in total. The van der Waals surface area contributed by atoms with Crippen molar-refractivity contribution < 1.29 is 13.6 Å². The molecule has 0 aliphatic rings. The van der Waals surface area contributed by atoms with Gasteiger partial charge in [-0.05, 0) is 52.3 Å². The van der Waals surface area contributed by atoms with Gasteiger partial charge in [0.1, 0.15) is 11.6 Å². The van der Waals surface area contributed by atoms with E-state index < -0.39 is 17.5 Å². The van der Waals surface area contributed by atoms with Gasteiger partial charge < -0.3 is 5.32 Å². The Morgan fingerprint density at radius 1 is 1.11 bits per heavy atom. The molecule has 6 heteroatoms. The SMILES string of the molecule is O=C(Nc1ccc(Br)c(F)c1)c1cc(Cl)ccc1F. The van der Waals surface area contributed by atoms with Gasteiger partial charge in [-0.3, -0.25) is 4.79 Å². The average molecular weight is 347 g/mol. The van der Waals surface area contributed by atoms with E-state index in [0.29, 0.717) is 0 Å². The fraction of sp³-hybridized carbons (Fsp3) is 0. The second-order valence-corrected chi connectivity index (χ2v) is 5.00. The third-order valence-corrected chi connectivity index (χ3v) is 3.23. The number of carbonyl (C=O) groups is 1. The Morgan fingerprint density at radius 3 is 2.53 bits per heavy atom. The molecule has 0 aromatic heterocycles. The molecule has 0 unspecified atom stereocenters. The molecule has 2 rings (SSSR count). The quantitative estimate of drug-likeness (QED) is 0.844. The van der Waals surface area contributed by atoms with Crippen molar-refractivity contribution in [1.82, 2.24) is 0 Å². The van der Waals surface area contributed by atoms with Gasteiger partial charge in [0.15, 0.2) is 0 Å². The van der Waals surface area contributed by atoms with Crippen molar-refractivity contribution in [3.63, 3.8) is 0 Å². The van der Waals surface area contributed by atoms with E-state index in [1.165, 1.54) is 24.3 Å². The Balaban J connectivity index is 2.25. The minimum atomic E-state index is -0.695. The second kappa shape index (κ2) is 5.67. The van der Waals surface area contributed by atoms with E-state index in [1.54, 1.807) is 0 Å². The topological polar surface area (TPSA) is 29.1 Å². The lowest BCUT2D eigenvalue weighted by atomic mass is 10.2. The molecule has 0 heterocycles. The largest absolute Gasteiger partial charge is 0.322 e. The zero-order valence-corrected chi connectivity index (χ0v) is 11.7. The normalized spacial score (nSPS) is 10.3. The highest BCUT2D eigenvalue weighted by molar-refractivity contribution is 9.10. The number of carbonyl (C=O) groups excluding carboxylic acids is 1. The van der Waals surface area contributed by atoms with Gasteiger partial charge in [0.2, 0.25) is 0 Å². The number of hydrogen-bond acceptors (Lipinski definition) is 1. The van der Waals surface area contributed by atoms with Crippen LogP contribution in [0.2, 0.25) is 5.02 Å². The summed E-state index contributed by atoms with van der Waals surface area (Å²) in [6.07, 6.45) is 0. The molecule has 0 spiro atoms. The van der Waals surface area contributed by atoms with Crippen molar-refractivity contribution in [2.45, 2.75) is 0 Å². The maximum absolute atomic E-state index is 13.5. The molecule has 0 saturated carbocycles. The number of halogens is 4. The van der Waals surface area contributed by atoms with Crippen molar-refractivity contribution >= 4 is 39.1 Å². The van der Waals surface area contributed by atoms with E-state index in [1.807, 2.05) is 0 Å². The van der Waals surface area contributed by atoms with Crippen molar-refractivity contribution in [3.05, 3.63) is 63.1 Å². The van der Waals surface area contributed by atoms with Crippen LogP contribution in [0.3, 0.4) is 0 Å². The zero-order chi connectivity index (χ0) is 14.0. The molecule has 1 amide bonds. The smallest absolute Gasteiger partial charge is 0.258 e. The summed E-state index contributed by atoms with van der Waals surface area (Å²) >= 11 is 8.69. The van der Waals surface area contributed by atoms with E-state index >= 15 is 0 Å². The predicted octanol–water partition coefficient (Wildman–Crippen LogP) is 4.63. The third-order valence-electron chi connectivity index (χ3n) is 2.35. The fourth-order valence-corrected chi connectivity index (χ4v) is 1.86. The Morgan fingerprint density at radius 2 is 1.84 bits per heavy atom. The van der Waals surface area contributed by atoms with E-state index in [9.17, 15) is 13.6 Å². The van der Waals surface area contributed by atoms with Gasteiger partial charge in [0.05, 0.1) is 10.0 Å². The first-order valence-electron chi connectivity index (χ1n) is 5.19. The number of benzene rings is 2. The van der Waals surface area contributed by atoms with Gasteiger partial charge in [-0.2, -0.15) is 0 Å². The van der Waals surface area contributed by atoms with Crippen LogP contribution in [0.1, 0.15) is 10.4 Å². The summed E-state index contributed by atoms with van der Waals surface area (Å²) in [5.41, 5.74) is 0.0286. The van der Waals surface area contributed by atoms with Crippen LogP contribution in [-0.2, 0) is 0 Å². The molecule has 0 aliphatic heterocycles. The number of anilines is 1. The van der Waals surface area contributed by atoms with Crippen LogP contribution in [0.4, 0.5) is 14.5 Å². The first-order chi connectivity index (χ1) is 8.97. The minimum absolute atomic E-state index is 0.198.